The molecule has 1 heterocycles. The average Bonchev–Trinajstić information content (AvgIpc) is 2.99. The van der Waals surface area contributed by atoms with Crippen LogP contribution in [0.3, 0.4) is 0 Å². The van der Waals surface area contributed by atoms with Gasteiger partial charge in [0.2, 0.25) is 11.8 Å². The predicted octanol–water partition coefficient (Wildman–Crippen LogP) is 2.83. The van der Waals surface area contributed by atoms with Crippen LogP contribution >= 0.6 is 0 Å². The van der Waals surface area contributed by atoms with E-state index < -0.39 is 0 Å². The smallest absolute Gasteiger partial charge is 0.248 e. The lowest BCUT2D eigenvalue weighted by Gasteiger charge is -2.06. The van der Waals surface area contributed by atoms with E-state index in [9.17, 15) is 9.59 Å². The first-order chi connectivity index (χ1) is 13.1. The fourth-order valence-electron chi connectivity index (χ4n) is 2.62. The largest absolute Gasteiger partial charge is 0.457 e. The Morgan fingerprint density at radius 1 is 1.22 bits per heavy atom. The van der Waals surface area contributed by atoms with Crippen molar-refractivity contribution >= 4 is 23.7 Å². The van der Waals surface area contributed by atoms with E-state index in [-0.39, 0.29) is 24.2 Å². The van der Waals surface area contributed by atoms with E-state index >= 15 is 0 Å². The monoisotopic (exact) mass is 364 g/mol. The zero-order chi connectivity index (χ0) is 19.1. The Kier molecular flexibility index (Phi) is 5.94. The molecular formula is C20H20N4O3. The predicted molar refractivity (Wildman–Crippen MR) is 103 cm³/mol. The van der Waals surface area contributed by atoms with Crippen molar-refractivity contribution in [3.05, 3.63) is 60.2 Å². The molecule has 0 aliphatic carbocycles. The van der Waals surface area contributed by atoms with Crippen molar-refractivity contribution in [3.63, 3.8) is 0 Å². The van der Waals surface area contributed by atoms with Crippen molar-refractivity contribution in [1.82, 2.24) is 10.9 Å². The number of amides is 2. The Hall–Kier alpha value is -3.48. The molecular weight excluding hydrogens is 344 g/mol. The van der Waals surface area contributed by atoms with Crippen molar-refractivity contribution in [2.45, 2.75) is 19.8 Å². The topological polar surface area (TPSA) is 92.2 Å². The van der Waals surface area contributed by atoms with Crippen molar-refractivity contribution in [1.29, 1.82) is 0 Å². The van der Waals surface area contributed by atoms with E-state index in [1.165, 1.54) is 0 Å². The Labute approximate surface area is 157 Å². The van der Waals surface area contributed by atoms with Gasteiger partial charge in [0, 0.05) is 12.1 Å². The van der Waals surface area contributed by atoms with Gasteiger partial charge in [-0.1, -0.05) is 30.3 Å². The van der Waals surface area contributed by atoms with E-state index in [1.807, 2.05) is 54.6 Å². The molecule has 0 saturated heterocycles. The van der Waals surface area contributed by atoms with Crippen molar-refractivity contribution in [2.24, 2.45) is 16.1 Å². The van der Waals surface area contributed by atoms with Crippen LogP contribution in [0.5, 0.6) is 11.5 Å². The van der Waals surface area contributed by atoms with E-state index in [0.717, 1.165) is 11.3 Å². The third-order valence-electron chi connectivity index (χ3n) is 4.06. The van der Waals surface area contributed by atoms with E-state index in [4.69, 9.17) is 4.74 Å². The van der Waals surface area contributed by atoms with Gasteiger partial charge in [-0.05, 0) is 43.2 Å². The molecule has 1 atom stereocenters. The molecule has 2 N–H and O–H groups in total. The van der Waals surface area contributed by atoms with Gasteiger partial charge < -0.3 is 4.74 Å². The highest BCUT2D eigenvalue weighted by molar-refractivity contribution is 6.07. The summed E-state index contributed by atoms with van der Waals surface area (Å²) in [4.78, 5) is 23.5. The number of para-hydroxylation sites is 1. The molecule has 7 heteroatoms. The minimum Gasteiger partial charge on any atom is -0.457 e. The molecule has 0 aromatic heterocycles. The van der Waals surface area contributed by atoms with Crippen LogP contribution in [0.2, 0.25) is 0 Å². The number of hydrazone groups is 2. The molecule has 2 aromatic rings. The number of ether oxygens (including phenoxy) is 1. The number of carbonyl (C=O) groups is 2. The quantitative estimate of drug-likeness (QED) is 0.584. The Morgan fingerprint density at radius 2 is 2.00 bits per heavy atom. The molecule has 138 valence electrons. The summed E-state index contributed by atoms with van der Waals surface area (Å²) in [6.07, 6.45) is 2.15. The van der Waals surface area contributed by atoms with Crippen LogP contribution in [0, 0.1) is 5.92 Å². The molecule has 0 radical (unpaired) electrons. The van der Waals surface area contributed by atoms with Crippen molar-refractivity contribution in [2.75, 3.05) is 0 Å². The van der Waals surface area contributed by atoms with Crippen molar-refractivity contribution in [3.8, 4) is 11.5 Å². The van der Waals surface area contributed by atoms with Gasteiger partial charge in [-0.15, -0.1) is 0 Å². The molecule has 2 amide bonds. The Balaban J connectivity index is 1.49. The number of nitrogens with one attached hydrogen (secondary N) is 2. The summed E-state index contributed by atoms with van der Waals surface area (Å²) >= 11 is 0. The molecule has 0 fully saturated rings. The Morgan fingerprint density at radius 3 is 2.74 bits per heavy atom. The van der Waals surface area contributed by atoms with Gasteiger partial charge in [0.15, 0.2) is 0 Å². The lowest BCUT2D eigenvalue weighted by Crippen LogP contribution is -2.25. The number of rotatable bonds is 7. The maximum absolute atomic E-state index is 11.9. The zero-order valence-electron chi connectivity index (χ0n) is 14.9. The van der Waals surface area contributed by atoms with Crippen molar-refractivity contribution < 1.29 is 14.3 Å². The molecule has 0 spiro atoms. The summed E-state index contributed by atoms with van der Waals surface area (Å²) in [6, 6.07) is 16.8. The summed E-state index contributed by atoms with van der Waals surface area (Å²) in [7, 11) is 0. The highest BCUT2D eigenvalue weighted by Gasteiger charge is 2.26. The number of nitrogens with zero attached hydrogens (tertiary/aromatic N) is 2. The highest BCUT2D eigenvalue weighted by atomic mass is 16.5. The first kappa shape index (κ1) is 18.3. The van der Waals surface area contributed by atoms with Gasteiger partial charge in [0.05, 0.1) is 12.1 Å². The van der Waals surface area contributed by atoms with Crippen LogP contribution in [0.1, 0.15) is 25.3 Å². The summed E-state index contributed by atoms with van der Waals surface area (Å²) in [5, 5.41) is 7.82. The fraction of sp³-hybridized carbons (Fsp3) is 0.200. The summed E-state index contributed by atoms with van der Waals surface area (Å²) in [5.74, 6) is 0.661. The van der Waals surface area contributed by atoms with Crippen LogP contribution in [0.15, 0.2) is 64.8 Å². The van der Waals surface area contributed by atoms with Crippen LogP contribution in [-0.4, -0.2) is 23.7 Å². The van der Waals surface area contributed by atoms with E-state index in [1.54, 1.807) is 13.1 Å². The van der Waals surface area contributed by atoms with Gasteiger partial charge >= 0.3 is 0 Å². The zero-order valence-corrected chi connectivity index (χ0v) is 14.9. The summed E-state index contributed by atoms with van der Waals surface area (Å²) in [6.45, 7) is 1.77. The van der Waals surface area contributed by atoms with E-state index in [2.05, 4.69) is 21.1 Å². The standard InChI is InChI=1S/C20H20N4O3/c1-14-18(20(26)24-22-14)10-11-19(25)23-21-13-15-6-5-9-17(12-15)27-16-7-3-2-4-8-16/h2-9,12-13,18H,10-11H2,1H3,(H,23,25)(H,24,26)/b21-13-/t18-/m1/s1. The fourth-order valence-corrected chi connectivity index (χ4v) is 2.62. The maximum Gasteiger partial charge on any atom is 0.248 e. The Bertz CT molecular complexity index is 878. The van der Waals surface area contributed by atoms with Gasteiger partial charge in [-0.2, -0.15) is 10.2 Å². The molecule has 0 saturated carbocycles. The van der Waals surface area contributed by atoms with Gasteiger partial charge in [0.25, 0.3) is 0 Å². The molecule has 1 aliphatic rings. The average molecular weight is 364 g/mol. The molecule has 2 aromatic carbocycles. The summed E-state index contributed by atoms with van der Waals surface area (Å²) < 4.78 is 5.76. The molecule has 0 bridgehead atoms. The van der Waals surface area contributed by atoms with E-state index in [0.29, 0.717) is 17.9 Å². The minimum absolute atomic E-state index is 0.168. The summed E-state index contributed by atoms with van der Waals surface area (Å²) in [5.41, 5.74) is 6.37. The number of hydrogen-bond donors (Lipinski definition) is 2. The number of carbonyl (C=O) groups excluding carboxylic acids is 2. The lowest BCUT2D eigenvalue weighted by molar-refractivity contribution is -0.123. The van der Waals surface area contributed by atoms with Crippen LogP contribution in [0.25, 0.3) is 0 Å². The molecule has 27 heavy (non-hydrogen) atoms. The third-order valence-corrected chi connectivity index (χ3v) is 4.06. The van der Waals surface area contributed by atoms with Gasteiger partial charge in [0.1, 0.15) is 11.5 Å². The normalized spacial score (nSPS) is 16.1. The van der Waals surface area contributed by atoms with Gasteiger partial charge in [-0.25, -0.2) is 10.9 Å². The third kappa shape index (κ3) is 5.24. The minimum atomic E-state index is -0.341. The number of hydrogen-bond acceptors (Lipinski definition) is 5. The molecule has 0 unspecified atom stereocenters. The first-order valence-corrected chi connectivity index (χ1v) is 8.61. The molecule has 7 nitrogen and oxygen atoms in total. The number of benzene rings is 2. The van der Waals surface area contributed by atoms with Gasteiger partial charge in [-0.3, -0.25) is 9.59 Å². The second kappa shape index (κ2) is 8.75. The molecule has 3 rings (SSSR count). The molecule has 1 aliphatic heterocycles. The van der Waals surface area contributed by atoms with Crippen LogP contribution in [-0.2, 0) is 9.59 Å². The SMILES string of the molecule is CC1=NNC(=O)[C@@H]1CCC(=O)N/N=C\c1cccc(Oc2ccccc2)c1. The van der Waals surface area contributed by atoms with Crippen LogP contribution in [0.4, 0.5) is 0 Å². The highest BCUT2D eigenvalue weighted by Crippen LogP contribution is 2.21. The van der Waals surface area contributed by atoms with Crippen LogP contribution < -0.4 is 15.6 Å². The second-order valence-electron chi connectivity index (χ2n) is 6.10. The lowest BCUT2D eigenvalue weighted by atomic mass is 9.99. The second-order valence-corrected chi connectivity index (χ2v) is 6.10. The first-order valence-electron chi connectivity index (χ1n) is 8.61. The maximum atomic E-state index is 11.9.